The SMILES string of the molecule is C/C=C/c1nc(Nc2cc(N(C)CCN(C)C)nc(Oc3ccc4[nH]c(C)cc4c3F)n2)n[nH]1. The molecule has 0 amide bonds. The Morgan fingerprint density at radius 3 is 2.71 bits per heavy atom. The zero-order valence-corrected chi connectivity index (χ0v) is 19.8. The first kappa shape index (κ1) is 23.2. The minimum atomic E-state index is -0.476. The predicted molar refractivity (Wildman–Crippen MR) is 131 cm³/mol. The standard InChI is InChI=1S/C23H28FN9O/c1-6-7-18-26-22(31-30-18)27-19-13-20(33(5)11-10-32(3)4)29-23(28-19)34-17-9-8-16-15(21(17)24)12-14(2)25-16/h6-9,12-13,25H,10-11H2,1-5H3,(H2,26,27,28,29,30,31)/b7-6+. The highest BCUT2D eigenvalue weighted by atomic mass is 19.1. The summed E-state index contributed by atoms with van der Waals surface area (Å²) in [6, 6.07) is 6.84. The monoisotopic (exact) mass is 465 g/mol. The third kappa shape index (κ3) is 5.31. The van der Waals surface area contributed by atoms with E-state index in [1.165, 1.54) is 0 Å². The molecule has 0 aliphatic carbocycles. The molecule has 0 atom stereocenters. The normalized spacial score (nSPS) is 11.6. The number of rotatable bonds is 9. The van der Waals surface area contributed by atoms with Crippen molar-refractivity contribution in [1.29, 1.82) is 0 Å². The number of hydrogen-bond donors (Lipinski definition) is 3. The topological polar surface area (TPSA) is 111 Å². The molecule has 0 unspecified atom stereocenters. The van der Waals surface area contributed by atoms with Gasteiger partial charge in [0.05, 0.1) is 0 Å². The van der Waals surface area contributed by atoms with Gasteiger partial charge in [-0.25, -0.2) is 4.39 Å². The van der Waals surface area contributed by atoms with Crippen LogP contribution >= 0.6 is 0 Å². The molecule has 0 bridgehead atoms. The van der Waals surface area contributed by atoms with Crippen molar-refractivity contribution in [3.63, 3.8) is 0 Å². The highest BCUT2D eigenvalue weighted by molar-refractivity contribution is 5.82. The molecule has 178 valence electrons. The van der Waals surface area contributed by atoms with E-state index in [0.29, 0.717) is 34.3 Å². The van der Waals surface area contributed by atoms with Crippen LogP contribution in [0.4, 0.5) is 22.0 Å². The smallest absolute Gasteiger partial charge is 0.326 e. The summed E-state index contributed by atoms with van der Waals surface area (Å²) in [6.07, 6.45) is 3.66. The Hall–Kier alpha value is -3.99. The van der Waals surface area contributed by atoms with Gasteiger partial charge in [-0.05, 0) is 52.2 Å². The van der Waals surface area contributed by atoms with Crippen molar-refractivity contribution < 1.29 is 9.13 Å². The van der Waals surface area contributed by atoms with E-state index in [2.05, 4.69) is 40.3 Å². The van der Waals surface area contributed by atoms with E-state index < -0.39 is 5.82 Å². The number of allylic oxidation sites excluding steroid dienone is 1. The van der Waals surface area contributed by atoms with Gasteiger partial charge in [-0.1, -0.05) is 6.08 Å². The van der Waals surface area contributed by atoms with Gasteiger partial charge in [0.2, 0.25) is 5.95 Å². The summed E-state index contributed by atoms with van der Waals surface area (Å²) in [7, 11) is 5.93. The molecule has 0 radical (unpaired) electrons. The number of benzene rings is 1. The maximum atomic E-state index is 15.1. The first-order valence-corrected chi connectivity index (χ1v) is 10.8. The first-order valence-electron chi connectivity index (χ1n) is 10.8. The van der Waals surface area contributed by atoms with Crippen LogP contribution in [0.5, 0.6) is 11.8 Å². The third-order valence-corrected chi connectivity index (χ3v) is 5.07. The summed E-state index contributed by atoms with van der Waals surface area (Å²) in [5.74, 6) is 1.54. The molecule has 3 heterocycles. The Morgan fingerprint density at radius 1 is 1.12 bits per heavy atom. The number of halogens is 1. The van der Waals surface area contributed by atoms with Gasteiger partial charge in [0.15, 0.2) is 11.6 Å². The molecule has 34 heavy (non-hydrogen) atoms. The van der Waals surface area contributed by atoms with Crippen molar-refractivity contribution in [3.05, 3.63) is 47.7 Å². The van der Waals surface area contributed by atoms with Crippen molar-refractivity contribution >= 4 is 34.6 Å². The largest absolute Gasteiger partial charge is 0.421 e. The van der Waals surface area contributed by atoms with Crippen LogP contribution in [0.15, 0.2) is 30.3 Å². The number of nitrogens with zero attached hydrogens (tertiary/aromatic N) is 6. The zero-order chi connectivity index (χ0) is 24.2. The number of likely N-dealkylation sites (N-methyl/N-ethyl adjacent to an activating group) is 2. The number of ether oxygens (including phenoxy) is 1. The Kier molecular flexibility index (Phi) is 6.73. The molecule has 3 aromatic heterocycles. The van der Waals surface area contributed by atoms with Crippen LogP contribution in [0.2, 0.25) is 0 Å². The molecular formula is C23H28FN9O. The van der Waals surface area contributed by atoms with Crippen LogP contribution in [0, 0.1) is 12.7 Å². The molecule has 4 aromatic rings. The molecule has 0 saturated heterocycles. The van der Waals surface area contributed by atoms with Crippen molar-refractivity contribution in [2.75, 3.05) is 44.4 Å². The van der Waals surface area contributed by atoms with Gasteiger partial charge < -0.3 is 24.8 Å². The van der Waals surface area contributed by atoms with Gasteiger partial charge >= 0.3 is 6.01 Å². The van der Waals surface area contributed by atoms with E-state index in [9.17, 15) is 0 Å². The first-order chi connectivity index (χ1) is 16.3. The highest BCUT2D eigenvalue weighted by Crippen LogP contribution is 2.31. The molecule has 0 saturated carbocycles. The summed E-state index contributed by atoms with van der Waals surface area (Å²) in [6.45, 7) is 5.31. The van der Waals surface area contributed by atoms with E-state index in [4.69, 9.17) is 4.74 Å². The van der Waals surface area contributed by atoms with Crippen molar-refractivity contribution in [2.24, 2.45) is 0 Å². The van der Waals surface area contributed by atoms with E-state index in [1.807, 2.05) is 46.0 Å². The maximum absolute atomic E-state index is 15.1. The number of aryl methyl sites for hydroxylation is 1. The van der Waals surface area contributed by atoms with Crippen LogP contribution in [0.1, 0.15) is 18.4 Å². The Labute approximate surface area is 196 Å². The molecular weight excluding hydrogens is 437 g/mol. The fraction of sp³-hybridized carbons (Fsp3) is 0.304. The quantitative estimate of drug-likeness (QED) is 0.339. The minimum Gasteiger partial charge on any atom is -0.421 e. The number of aromatic amines is 2. The van der Waals surface area contributed by atoms with Gasteiger partial charge in [-0.2, -0.15) is 15.0 Å². The lowest BCUT2D eigenvalue weighted by atomic mass is 10.2. The summed E-state index contributed by atoms with van der Waals surface area (Å²) < 4.78 is 20.9. The van der Waals surface area contributed by atoms with Crippen LogP contribution in [0.25, 0.3) is 17.0 Å². The van der Waals surface area contributed by atoms with Gasteiger partial charge in [0.25, 0.3) is 0 Å². The Morgan fingerprint density at radius 2 is 1.94 bits per heavy atom. The number of hydrogen-bond acceptors (Lipinski definition) is 8. The van der Waals surface area contributed by atoms with E-state index >= 15 is 4.39 Å². The van der Waals surface area contributed by atoms with E-state index in [-0.39, 0.29) is 11.8 Å². The second kappa shape index (κ2) is 9.87. The Balaban J connectivity index is 1.66. The van der Waals surface area contributed by atoms with Crippen LogP contribution in [0.3, 0.4) is 0 Å². The number of anilines is 3. The van der Waals surface area contributed by atoms with Crippen LogP contribution in [-0.2, 0) is 0 Å². The zero-order valence-electron chi connectivity index (χ0n) is 19.8. The maximum Gasteiger partial charge on any atom is 0.326 e. The second-order valence-corrected chi connectivity index (χ2v) is 8.18. The number of nitrogens with one attached hydrogen (secondary N) is 3. The lowest BCUT2D eigenvalue weighted by molar-refractivity contribution is 0.409. The number of fused-ring (bicyclic) bond motifs is 1. The summed E-state index contributed by atoms with van der Waals surface area (Å²) in [5, 5.41) is 10.5. The van der Waals surface area contributed by atoms with E-state index in [0.717, 1.165) is 18.8 Å². The predicted octanol–water partition coefficient (Wildman–Crippen LogP) is 4.09. The van der Waals surface area contributed by atoms with Gasteiger partial charge in [0, 0.05) is 42.8 Å². The molecule has 10 nitrogen and oxygen atoms in total. The summed E-state index contributed by atoms with van der Waals surface area (Å²) in [5.41, 5.74) is 1.56. The molecule has 0 aliphatic heterocycles. The van der Waals surface area contributed by atoms with Gasteiger partial charge in [-0.3, -0.25) is 5.10 Å². The molecule has 0 aliphatic rings. The molecule has 3 N–H and O–H groups in total. The molecule has 11 heteroatoms. The van der Waals surface area contributed by atoms with E-state index in [1.54, 1.807) is 30.3 Å². The van der Waals surface area contributed by atoms with Crippen molar-refractivity contribution in [1.82, 2.24) is 35.0 Å². The average Bonchev–Trinajstić information content (AvgIpc) is 3.40. The van der Waals surface area contributed by atoms with Crippen molar-refractivity contribution in [3.8, 4) is 11.8 Å². The lowest BCUT2D eigenvalue weighted by Crippen LogP contribution is -2.29. The number of aromatic nitrogens is 6. The van der Waals surface area contributed by atoms with Crippen LogP contribution < -0.4 is 15.0 Å². The molecule has 0 fully saturated rings. The third-order valence-electron chi connectivity index (χ3n) is 5.07. The van der Waals surface area contributed by atoms with Gasteiger partial charge in [-0.15, -0.1) is 5.10 Å². The number of H-pyrrole nitrogens is 2. The summed E-state index contributed by atoms with van der Waals surface area (Å²) >= 11 is 0. The summed E-state index contributed by atoms with van der Waals surface area (Å²) in [4.78, 5) is 20.4. The fourth-order valence-electron chi connectivity index (χ4n) is 3.33. The average molecular weight is 466 g/mol. The molecule has 0 spiro atoms. The Bertz CT molecular complexity index is 1310. The second-order valence-electron chi connectivity index (χ2n) is 8.18. The van der Waals surface area contributed by atoms with Crippen molar-refractivity contribution in [2.45, 2.75) is 13.8 Å². The molecule has 1 aromatic carbocycles. The lowest BCUT2D eigenvalue weighted by Gasteiger charge is -2.21. The van der Waals surface area contributed by atoms with Gasteiger partial charge in [0.1, 0.15) is 17.5 Å². The highest BCUT2D eigenvalue weighted by Gasteiger charge is 2.16. The van der Waals surface area contributed by atoms with Crippen LogP contribution in [-0.4, -0.2) is 69.3 Å². The minimum absolute atomic E-state index is 0.00595. The molecule has 4 rings (SSSR count). The fourth-order valence-corrected chi connectivity index (χ4v) is 3.33.